The van der Waals surface area contributed by atoms with Crippen LogP contribution >= 0.6 is 0 Å². The molecule has 2 N–H and O–H groups in total. The van der Waals surface area contributed by atoms with Crippen molar-refractivity contribution in [1.82, 2.24) is 15.5 Å². The van der Waals surface area contributed by atoms with Crippen molar-refractivity contribution in [3.8, 4) is 11.5 Å². The molecule has 1 saturated heterocycles. The van der Waals surface area contributed by atoms with Crippen LogP contribution in [0, 0.1) is 6.92 Å². The largest absolute Gasteiger partial charge is 0.493 e. The van der Waals surface area contributed by atoms with Crippen LogP contribution in [-0.2, 0) is 21.5 Å². The van der Waals surface area contributed by atoms with E-state index in [1.807, 2.05) is 19.1 Å². The smallest absolute Gasteiger partial charge is 0.387 e. The van der Waals surface area contributed by atoms with Crippen molar-refractivity contribution in [3.05, 3.63) is 59.2 Å². The fourth-order valence-corrected chi connectivity index (χ4v) is 3.53. The number of urea groups is 1. The third kappa shape index (κ3) is 5.39. The highest BCUT2D eigenvalue weighted by molar-refractivity contribution is 6.09. The minimum Gasteiger partial charge on any atom is -0.493 e. The van der Waals surface area contributed by atoms with Gasteiger partial charge in [-0.2, -0.15) is 8.78 Å². The minimum absolute atomic E-state index is 0.106. The summed E-state index contributed by atoms with van der Waals surface area (Å²) in [6.07, 6.45) is 0.316. The molecule has 0 aromatic heterocycles. The Morgan fingerprint density at radius 1 is 1.15 bits per heavy atom. The molecule has 1 heterocycles. The Morgan fingerprint density at radius 2 is 1.85 bits per heavy atom. The van der Waals surface area contributed by atoms with Gasteiger partial charge in [0, 0.05) is 6.54 Å². The van der Waals surface area contributed by atoms with Gasteiger partial charge in [-0.15, -0.1) is 0 Å². The Bertz CT molecular complexity index is 1040. The molecule has 1 unspecified atom stereocenters. The number of alkyl halides is 2. The number of carbonyl (C=O) groups excluding carboxylic acids is 3. The summed E-state index contributed by atoms with van der Waals surface area (Å²) in [5.74, 6) is -0.982. The van der Waals surface area contributed by atoms with Gasteiger partial charge in [-0.1, -0.05) is 35.9 Å². The van der Waals surface area contributed by atoms with Gasteiger partial charge in [0.2, 0.25) is 5.91 Å². The highest BCUT2D eigenvalue weighted by Crippen LogP contribution is 2.30. The van der Waals surface area contributed by atoms with E-state index in [2.05, 4.69) is 15.4 Å². The summed E-state index contributed by atoms with van der Waals surface area (Å²) in [7, 11) is 1.34. The summed E-state index contributed by atoms with van der Waals surface area (Å²) in [5, 5.41) is 5.29. The first-order valence-corrected chi connectivity index (χ1v) is 10.2. The lowest BCUT2D eigenvalue weighted by Gasteiger charge is -2.22. The number of hydrogen-bond donors (Lipinski definition) is 2. The number of hydrogen-bond acceptors (Lipinski definition) is 5. The molecule has 0 spiro atoms. The maximum absolute atomic E-state index is 12.9. The fourth-order valence-electron chi connectivity index (χ4n) is 3.53. The van der Waals surface area contributed by atoms with Crippen molar-refractivity contribution >= 4 is 17.8 Å². The minimum atomic E-state index is -3.00. The lowest BCUT2D eigenvalue weighted by Crippen LogP contribution is -2.43. The number of nitrogens with zero attached hydrogens (tertiary/aromatic N) is 1. The molecule has 0 radical (unpaired) electrons. The van der Waals surface area contributed by atoms with Crippen LogP contribution in [0.4, 0.5) is 13.6 Å². The molecule has 1 atom stereocenters. The monoisotopic (exact) mass is 461 g/mol. The summed E-state index contributed by atoms with van der Waals surface area (Å²) in [5.41, 5.74) is 1.01. The van der Waals surface area contributed by atoms with Gasteiger partial charge < -0.3 is 20.1 Å². The van der Waals surface area contributed by atoms with E-state index in [-0.39, 0.29) is 18.0 Å². The molecule has 1 fully saturated rings. The van der Waals surface area contributed by atoms with Crippen molar-refractivity contribution < 1.29 is 32.6 Å². The van der Waals surface area contributed by atoms with Crippen LogP contribution in [0.15, 0.2) is 42.5 Å². The molecule has 3 rings (SSSR count). The number of rotatable bonds is 9. The predicted octanol–water partition coefficient (Wildman–Crippen LogP) is 2.73. The lowest BCUT2D eigenvalue weighted by molar-refractivity contribution is -0.134. The molecule has 0 aliphatic carbocycles. The van der Waals surface area contributed by atoms with Gasteiger partial charge in [-0.3, -0.25) is 14.5 Å². The van der Waals surface area contributed by atoms with Crippen LogP contribution in [0.1, 0.15) is 23.6 Å². The SMILES string of the molecule is COc1ccc(CCNC(=O)CN2C(=O)NC(C)(c3ccc(C)cc3)C2=O)cc1OC(F)F. The van der Waals surface area contributed by atoms with Crippen LogP contribution in [0.25, 0.3) is 0 Å². The predicted molar refractivity (Wildman–Crippen MR) is 115 cm³/mol. The van der Waals surface area contributed by atoms with E-state index in [4.69, 9.17) is 4.74 Å². The highest BCUT2D eigenvalue weighted by Gasteiger charge is 2.49. The van der Waals surface area contributed by atoms with E-state index in [1.54, 1.807) is 25.1 Å². The zero-order valence-electron chi connectivity index (χ0n) is 18.5. The van der Waals surface area contributed by atoms with Gasteiger partial charge in [0.05, 0.1) is 7.11 Å². The molecule has 176 valence electrons. The maximum Gasteiger partial charge on any atom is 0.387 e. The highest BCUT2D eigenvalue weighted by atomic mass is 19.3. The molecule has 1 aliphatic rings. The second kappa shape index (κ2) is 9.85. The number of nitrogens with one attached hydrogen (secondary N) is 2. The van der Waals surface area contributed by atoms with Crippen molar-refractivity contribution in [2.75, 3.05) is 20.2 Å². The molecule has 1 aliphatic heterocycles. The van der Waals surface area contributed by atoms with Crippen molar-refractivity contribution in [3.63, 3.8) is 0 Å². The average Bonchev–Trinajstić information content (AvgIpc) is 2.98. The lowest BCUT2D eigenvalue weighted by atomic mass is 9.91. The molecule has 2 aromatic rings. The Labute approximate surface area is 189 Å². The van der Waals surface area contributed by atoms with Crippen molar-refractivity contribution in [2.24, 2.45) is 0 Å². The summed E-state index contributed by atoms with van der Waals surface area (Å²) in [4.78, 5) is 38.5. The number of carbonyl (C=O) groups is 3. The summed E-state index contributed by atoms with van der Waals surface area (Å²) < 4.78 is 34.6. The molecule has 4 amide bonds. The van der Waals surface area contributed by atoms with E-state index in [0.717, 1.165) is 10.5 Å². The number of aryl methyl sites for hydroxylation is 1. The van der Waals surface area contributed by atoms with Gasteiger partial charge in [0.15, 0.2) is 11.5 Å². The molecule has 2 aromatic carbocycles. The third-order valence-corrected chi connectivity index (χ3v) is 5.39. The molecular weight excluding hydrogens is 436 g/mol. The van der Waals surface area contributed by atoms with Gasteiger partial charge in [-0.25, -0.2) is 4.79 Å². The molecule has 0 saturated carbocycles. The number of halogens is 2. The average molecular weight is 461 g/mol. The fraction of sp³-hybridized carbons (Fsp3) is 0.348. The number of benzene rings is 2. The molecule has 8 nitrogen and oxygen atoms in total. The van der Waals surface area contributed by atoms with E-state index < -0.39 is 36.5 Å². The van der Waals surface area contributed by atoms with Gasteiger partial charge in [0.25, 0.3) is 5.91 Å². The number of amides is 4. The molecule has 33 heavy (non-hydrogen) atoms. The molecule has 10 heteroatoms. The summed E-state index contributed by atoms with van der Waals surface area (Å²) >= 11 is 0. The maximum atomic E-state index is 12.9. The van der Waals surface area contributed by atoms with E-state index in [9.17, 15) is 23.2 Å². The zero-order chi connectivity index (χ0) is 24.2. The Morgan fingerprint density at radius 3 is 2.48 bits per heavy atom. The Hall–Kier alpha value is -3.69. The standard InChI is InChI=1S/C23H25F2N3O5/c1-14-4-7-16(8-5-14)23(2)20(30)28(22(31)27-23)13-19(29)26-11-10-15-6-9-17(32-3)18(12-15)33-21(24)25/h4-9,12,21H,10-11,13H2,1-3H3,(H,26,29)(H,27,31). The van der Waals surface area contributed by atoms with E-state index >= 15 is 0 Å². The quantitative estimate of drug-likeness (QED) is 0.560. The zero-order valence-corrected chi connectivity index (χ0v) is 18.5. The van der Waals surface area contributed by atoms with Crippen molar-refractivity contribution in [1.29, 1.82) is 0 Å². The summed E-state index contributed by atoms with van der Waals surface area (Å²) in [6.45, 7) is 0.241. The number of imide groups is 1. The van der Waals surface area contributed by atoms with Gasteiger partial charge >= 0.3 is 12.6 Å². The van der Waals surface area contributed by atoms with Crippen LogP contribution in [0.5, 0.6) is 11.5 Å². The summed E-state index contributed by atoms with van der Waals surface area (Å²) in [6, 6.07) is 11.1. The van der Waals surface area contributed by atoms with Crippen LogP contribution < -0.4 is 20.1 Å². The van der Waals surface area contributed by atoms with Crippen LogP contribution in [-0.4, -0.2) is 49.6 Å². The second-order valence-electron chi connectivity index (χ2n) is 7.78. The Kier molecular flexibility index (Phi) is 7.15. The van der Waals surface area contributed by atoms with Crippen LogP contribution in [0.2, 0.25) is 0 Å². The molecular formula is C23H25F2N3O5. The first-order valence-electron chi connectivity index (χ1n) is 10.2. The third-order valence-electron chi connectivity index (χ3n) is 5.39. The van der Waals surface area contributed by atoms with Gasteiger partial charge in [-0.05, 0) is 43.5 Å². The van der Waals surface area contributed by atoms with E-state index in [0.29, 0.717) is 17.5 Å². The topological polar surface area (TPSA) is 97.0 Å². The second-order valence-corrected chi connectivity index (χ2v) is 7.78. The van der Waals surface area contributed by atoms with Gasteiger partial charge in [0.1, 0.15) is 12.1 Å². The number of methoxy groups -OCH3 is 1. The van der Waals surface area contributed by atoms with E-state index in [1.165, 1.54) is 19.2 Å². The van der Waals surface area contributed by atoms with Crippen LogP contribution in [0.3, 0.4) is 0 Å². The van der Waals surface area contributed by atoms with Crippen molar-refractivity contribution in [2.45, 2.75) is 32.4 Å². The normalized spacial score (nSPS) is 17.8. The first kappa shape index (κ1) is 24.0. The Balaban J connectivity index is 1.57. The number of ether oxygens (including phenoxy) is 2. The first-order chi connectivity index (χ1) is 15.6. The molecule has 0 bridgehead atoms.